The predicted octanol–water partition coefficient (Wildman–Crippen LogP) is 4.94. The summed E-state index contributed by atoms with van der Waals surface area (Å²) >= 11 is 5.74. The Morgan fingerprint density at radius 3 is 2.65 bits per heavy atom. The Balaban J connectivity index is 2.16. The first-order valence-corrected chi connectivity index (χ1v) is 6.94. The first-order chi connectivity index (χ1) is 9.60. The highest BCUT2D eigenvalue weighted by molar-refractivity contribution is 6.30. The van der Waals surface area contributed by atoms with Crippen molar-refractivity contribution in [2.75, 3.05) is 6.54 Å². The Hall–Kier alpha value is -1.58. The number of ether oxygens (including phenoxy) is 1. The summed E-state index contributed by atoms with van der Waals surface area (Å²) in [5.41, 5.74) is 1.14. The monoisotopic (exact) mass is 293 g/mol. The molecule has 2 aromatic rings. The second-order valence-corrected chi connectivity index (χ2v) is 4.94. The molecule has 2 nitrogen and oxygen atoms in total. The number of nitrogens with one attached hydrogen (secondary N) is 1. The van der Waals surface area contributed by atoms with E-state index in [2.05, 4.69) is 19.2 Å². The van der Waals surface area contributed by atoms with E-state index >= 15 is 0 Å². The standard InChI is InChI=1S/C16H17ClFNO/c1-3-19-11(2)12-5-4-6-13(9-12)20-14-7-8-16(18)15(17)10-14/h4-11,19H,3H2,1-2H3. The van der Waals surface area contributed by atoms with E-state index in [-0.39, 0.29) is 11.1 Å². The lowest BCUT2D eigenvalue weighted by atomic mass is 10.1. The summed E-state index contributed by atoms with van der Waals surface area (Å²) < 4.78 is 18.8. The van der Waals surface area contributed by atoms with Gasteiger partial charge in [0.15, 0.2) is 0 Å². The highest BCUT2D eigenvalue weighted by Crippen LogP contribution is 2.27. The topological polar surface area (TPSA) is 21.3 Å². The molecule has 1 unspecified atom stereocenters. The molecule has 0 heterocycles. The van der Waals surface area contributed by atoms with Crippen molar-refractivity contribution in [3.8, 4) is 11.5 Å². The largest absolute Gasteiger partial charge is 0.457 e. The normalized spacial score (nSPS) is 12.2. The van der Waals surface area contributed by atoms with Crippen LogP contribution in [0.15, 0.2) is 42.5 Å². The molecule has 0 amide bonds. The van der Waals surface area contributed by atoms with Crippen LogP contribution in [0.5, 0.6) is 11.5 Å². The van der Waals surface area contributed by atoms with Crippen LogP contribution in [-0.2, 0) is 0 Å². The molecule has 2 rings (SSSR count). The zero-order valence-electron chi connectivity index (χ0n) is 11.5. The second kappa shape index (κ2) is 6.73. The summed E-state index contributed by atoms with van der Waals surface area (Å²) in [6.07, 6.45) is 0. The summed E-state index contributed by atoms with van der Waals surface area (Å²) in [5, 5.41) is 3.40. The van der Waals surface area contributed by atoms with Crippen LogP contribution in [0.25, 0.3) is 0 Å². The third-order valence-electron chi connectivity index (χ3n) is 3.00. The van der Waals surface area contributed by atoms with E-state index in [9.17, 15) is 4.39 Å². The molecule has 20 heavy (non-hydrogen) atoms. The van der Waals surface area contributed by atoms with E-state index in [4.69, 9.17) is 16.3 Å². The van der Waals surface area contributed by atoms with Crippen LogP contribution in [0, 0.1) is 5.82 Å². The lowest BCUT2D eigenvalue weighted by molar-refractivity contribution is 0.478. The van der Waals surface area contributed by atoms with Gasteiger partial charge in [0.2, 0.25) is 0 Å². The molecule has 0 saturated heterocycles. The molecule has 4 heteroatoms. The van der Waals surface area contributed by atoms with Crippen LogP contribution in [0.2, 0.25) is 5.02 Å². The van der Waals surface area contributed by atoms with Gasteiger partial charge in [-0.1, -0.05) is 30.7 Å². The highest BCUT2D eigenvalue weighted by atomic mass is 35.5. The quantitative estimate of drug-likeness (QED) is 0.843. The van der Waals surface area contributed by atoms with Gasteiger partial charge >= 0.3 is 0 Å². The molecule has 106 valence electrons. The Morgan fingerprint density at radius 1 is 1.20 bits per heavy atom. The van der Waals surface area contributed by atoms with E-state index < -0.39 is 5.82 Å². The number of hydrogen-bond donors (Lipinski definition) is 1. The summed E-state index contributed by atoms with van der Waals surface area (Å²) in [5.74, 6) is 0.771. The fourth-order valence-corrected chi connectivity index (χ4v) is 2.12. The molecular formula is C16H17ClFNO. The second-order valence-electron chi connectivity index (χ2n) is 4.53. The number of rotatable bonds is 5. The lowest BCUT2D eigenvalue weighted by Crippen LogP contribution is -2.17. The minimum Gasteiger partial charge on any atom is -0.457 e. The SMILES string of the molecule is CCNC(C)c1cccc(Oc2ccc(F)c(Cl)c2)c1. The molecule has 0 spiro atoms. The fourth-order valence-electron chi connectivity index (χ4n) is 1.95. The van der Waals surface area contributed by atoms with Crippen LogP contribution in [0.4, 0.5) is 4.39 Å². The molecule has 0 aliphatic heterocycles. The van der Waals surface area contributed by atoms with Crippen LogP contribution >= 0.6 is 11.6 Å². The van der Waals surface area contributed by atoms with Crippen LogP contribution in [0.1, 0.15) is 25.5 Å². The number of halogens is 2. The van der Waals surface area contributed by atoms with Crippen molar-refractivity contribution in [2.45, 2.75) is 19.9 Å². The van der Waals surface area contributed by atoms with Crippen LogP contribution in [0.3, 0.4) is 0 Å². The predicted molar refractivity (Wildman–Crippen MR) is 80.0 cm³/mol. The van der Waals surface area contributed by atoms with Gasteiger partial charge in [-0.15, -0.1) is 0 Å². The molecule has 0 saturated carbocycles. The van der Waals surface area contributed by atoms with Crippen LogP contribution < -0.4 is 10.1 Å². The van der Waals surface area contributed by atoms with Crippen molar-refractivity contribution in [3.63, 3.8) is 0 Å². The van der Waals surface area contributed by atoms with Crippen molar-refractivity contribution >= 4 is 11.6 Å². The van der Waals surface area contributed by atoms with Gasteiger partial charge in [-0.3, -0.25) is 0 Å². The van der Waals surface area contributed by atoms with Crippen molar-refractivity contribution in [3.05, 3.63) is 58.9 Å². The molecule has 0 aliphatic carbocycles. The van der Waals surface area contributed by atoms with Gasteiger partial charge in [0.05, 0.1) is 5.02 Å². The van der Waals surface area contributed by atoms with Gasteiger partial charge in [0, 0.05) is 12.1 Å². The van der Waals surface area contributed by atoms with Gasteiger partial charge in [-0.2, -0.15) is 0 Å². The number of hydrogen-bond acceptors (Lipinski definition) is 2. The molecule has 0 aliphatic rings. The minimum absolute atomic E-state index is 0.0553. The highest BCUT2D eigenvalue weighted by Gasteiger charge is 2.06. The Labute approximate surface area is 123 Å². The molecule has 1 N–H and O–H groups in total. The smallest absolute Gasteiger partial charge is 0.142 e. The van der Waals surface area contributed by atoms with Crippen molar-refractivity contribution in [1.29, 1.82) is 0 Å². The zero-order chi connectivity index (χ0) is 14.5. The van der Waals surface area contributed by atoms with Gasteiger partial charge in [-0.05, 0) is 43.3 Å². The fraction of sp³-hybridized carbons (Fsp3) is 0.250. The number of benzene rings is 2. The molecule has 0 bridgehead atoms. The summed E-state index contributed by atoms with van der Waals surface area (Å²) in [4.78, 5) is 0. The zero-order valence-corrected chi connectivity index (χ0v) is 12.2. The van der Waals surface area contributed by atoms with Crippen molar-refractivity contribution in [2.24, 2.45) is 0 Å². The van der Waals surface area contributed by atoms with Crippen molar-refractivity contribution < 1.29 is 9.13 Å². The maximum atomic E-state index is 13.1. The third kappa shape index (κ3) is 3.71. The first kappa shape index (κ1) is 14.8. The molecule has 0 aromatic heterocycles. The first-order valence-electron chi connectivity index (χ1n) is 6.56. The van der Waals surface area contributed by atoms with E-state index in [1.54, 1.807) is 6.07 Å². The average molecular weight is 294 g/mol. The summed E-state index contributed by atoms with van der Waals surface area (Å²) in [6.45, 7) is 5.06. The third-order valence-corrected chi connectivity index (χ3v) is 3.28. The van der Waals surface area contributed by atoms with Gasteiger partial charge in [0.1, 0.15) is 17.3 Å². The van der Waals surface area contributed by atoms with E-state index in [1.807, 2.05) is 24.3 Å². The lowest BCUT2D eigenvalue weighted by Gasteiger charge is -2.14. The van der Waals surface area contributed by atoms with E-state index in [0.717, 1.165) is 12.1 Å². The molecule has 0 radical (unpaired) electrons. The Morgan fingerprint density at radius 2 is 1.95 bits per heavy atom. The Kier molecular flexibility index (Phi) is 4.99. The van der Waals surface area contributed by atoms with E-state index in [0.29, 0.717) is 11.5 Å². The van der Waals surface area contributed by atoms with Crippen LogP contribution in [-0.4, -0.2) is 6.54 Å². The van der Waals surface area contributed by atoms with Crippen molar-refractivity contribution in [1.82, 2.24) is 5.32 Å². The molecule has 2 aromatic carbocycles. The maximum Gasteiger partial charge on any atom is 0.142 e. The average Bonchev–Trinajstić information content (AvgIpc) is 2.43. The maximum absolute atomic E-state index is 13.1. The van der Waals surface area contributed by atoms with Gasteiger partial charge in [0.25, 0.3) is 0 Å². The summed E-state index contributed by atoms with van der Waals surface area (Å²) in [7, 11) is 0. The summed E-state index contributed by atoms with van der Waals surface area (Å²) in [6, 6.07) is 12.4. The minimum atomic E-state index is -0.450. The molecule has 0 fully saturated rings. The molecular weight excluding hydrogens is 277 g/mol. The van der Waals surface area contributed by atoms with Gasteiger partial charge in [-0.25, -0.2) is 4.39 Å². The van der Waals surface area contributed by atoms with E-state index in [1.165, 1.54) is 12.1 Å². The molecule has 1 atom stereocenters. The van der Waals surface area contributed by atoms with Gasteiger partial charge < -0.3 is 10.1 Å². The Bertz CT molecular complexity index is 588.